The summed E-state index contributed by atoms with van der Waals surface area (Å²) in [4.78, 5) is 38.0. The summed E-state index contributed by atoms with van der Waals surface area (Å²) in [5.41, 5.74) is 4.58. The first-order valence-corrected chi connectivity index (χ1v) is 13.6. The van der Waals surface area contributed by atoms with Gasteiger partial charge >= 0.3 is 5.97 Å². The molecule has 0 bridgehead atoms. The molecule has 1 heterocycles. The molecule has 2 N–H and O–H groups in total. The molecule has 11 heteroatoms. The lowest BCUT2D eigenvalue weighted by Gasteiger charge is -2.11. The van der Waals surface area contributed by atoms with Crippen molar-refractivity contribution in [1.82, 2.24) is 5.43 Å². The van der Waals surface area contributed by atoms with E-state index >= 15 is 0 Å². The third kappa shape index (κ3) is 6.94. The van der Waals surface area contributed by atoms with Crippen LogP contribution >= 0.6 is 15.9 Å². The molecule has 2 amide bonds. The van der Waals surface area contributed by atoms with Crippen molar-refractivity contribution >= 4 is 45.6 Å². The molecular weight excluding hydrogens is 606 g/mol. The lowest BCUT2D eigenvalue weighted by molar-refractivity contribution is 0.0728. The number of ether oxygens (including phenoxy) is 4. The number of hydrogen-bond donors (Lipinski definition) is 2. The fraction of sp³-hybridized carbons (Fsp3) is 0.0968. The Hall–Kier alpha value is -5.16. The number of nitrogens with zero attached hydrogens (tertiary/aromatic N) is 1. The molecule has 0 fully saturated rings. The number of carbonyl (C=O) groups is 3. The Kier molecular flexibility index (Phi) is 8.78. The summed E-state index contributed by atoms with van der Waals surface area (Å²) in [6.07, 6.45) is 1.44. The number of esters is 1. The molecule has 0 radical (unpaired) electrons. The Balaban J connectivity index is 1.21. The molecule has 42 heavy (non-hydrogen) atoms. The van der Waals surface area contributed by atoms with Crippen LogP contribution in [0.15, 0.2) is 94.5 Å². The Morgan fingerprint density at radius 3 is 2.43 bits per heavy atom. The van der Waals surface area contributed by atoms with E-state index in [-0.39, 0.29) is 18.4 Å². The van der Waals surface area contributed by atoms with Crippen molar-refractivity contribution in [3.05, 3.63) is 112 Å². The average Bonchev–Trinajstić information content (AvgIpc) is 3.47. The van der Waals surface area contributed by atoms with Crippen LogP contribution in [0.1, 0.15) is 43.6 Å². The van der Waals surface area contributed by atoms with Gasteiger partial charge < -0.3 is 24.3 Å². The number of carbonyl (C=O) groups excluding carboxylic acids is 3. The fourth-order valence-corrected chi connectivity index (χ4v) is 4.18. The topological polar surface area (TPSA) is 125 Å². The number of halogens is 1. The highest BCUT2D eigenvalue weighted by molar-refractivity contribution is 9.10. The van der Waals surface area contributed by atoms with Crippen molar-refractivity contribution in [2.45, 2.75) is 6.92 Å². The van der Waals surface area contributed by atoms with E-state index < -0.39 is 11.9 Å². The molecule has 4 aromatic carbocycles. The molecule has 0 unspecified atom stereocenters. The Bertz CT molecular complexity index is 1670. The van der Waals surface area contributed by atoms with Crippen LogP contribution in [0.2, 0.25) is 0 Å². The zero-order valence-corrected chi connectivity index (χ0v) is 23.8. The van der Waals surface area contributed by atoms with Gasteiger partial charge in [0, 0.05) is 21.3 Å². The van der Waals surface area contributed by atoms with Crippen LogP contribution in [0.25, 0.3) is 0 Å². The predicted octanol–water partition coefficient (Wildman–Crippen LogP) is 5.81. The van der Waals surface area contributed by atoms with Crippen molar-refractivity contribution in [1.29, 1.82) is 0 Å². The standard InChI is InChI=1S/C31H24BrN3O7/c1-2-39-27-14-19(6-12-26(27)42-31(38)20-7-10-23(32)11-8-20)17-33-35-30(37)21-4-3-5-24(15-21)34-29(36)22-9-13-25-28(16-22)41-18-40-25/h3-17H,2,18H2,1H3,(H,34,36)(H,35,37). The lowest BCUT2D eigenvalue weighted by atomic mass is 10.1. The van der Waals surface area contributed by atoms with Crippen LogP contribution in [0.5, 0.6) is 23.0 Å². The third-order valence-corrected chi connectivity index (χ3v) is 6.48. The first-order valence-electron chi connectivity index (χ1n) is 12.8. The van der Waals surface area contributed by atoms with E-state index in [0.717, 1.165) is 4.47 Å². The van der Waals surface area contributed by atoms with E-state index in [2.05, 4.69) is 31.8 Å². The molecule has 1 aliphatic heterocycles. The molecule has 10 nitrogen and oxygen atoms in total. The van der Waals surface area contributed by atoms with Crippen LogP contribution in [0.3, 0.4) is 0 Å². The maximum Gasteiger partial charge on any atom is 0.343 e. The molecule has 0 saturated heterocycles. The molecule has 1 aliphatic rings. The zero-order chi connectivity index (χ0) is 29.5. The molecule has 0 spiro atoms. The van der Waals surface area contributed by atoms with E-state index in [1.807, 2.05) is 6.92 Å². The highest BCUT2D eigenvalue weighted by Crippen LogP contribution is 2.33. The van der Waals surface area contributed by atoms with Crippen LogP contribution in [0.4, 0.5) is 5.69 Å². The van der Waals surface area contributed by atoms with Gasteiger partial charge in [0.25, 0.3) is 11.8 Å². The van der Waals surface area contributed by atoms with Crippen molar-refractivity contribution in [3.63, 3.8) is 0 Å². The summed E-state index contributed by atoms with van der Waals surface area (Å²) in [6, 6.07) is 23.1. The fourth-order valence-electron chi connectivity index (χ4n) is 3.91. The predicted molar refractivity (Wildman–Crippen MR) is 159 cm³/mol. The summed E-state index contributed by atoms with van der Waals surface area (Å²) in [7, 11) is 0. The second-order valence-electron chi connectivity index (χ2n) is 8.84. The van der Waals surface area contributed by atoms with Gasteiger partial charge in [-0.05, 0) is 91.3 Å². The van der Waals surface area contributed by atoms with E-state index in [1.54, 1.807) is 78.9 Å². The van der Waals surface area contributed by atoms with Gasteiger partial charge in [0.15, 0.2) is 23.0 Å². The summed E-state index contributed by atoms with van der Waals surface area (Å²) >= 11 is 3.34. The number of rotatable bonds is 9. The number of hydrazone groups is 1. The number of fused-ring (bicyclic) bond motifs is 1. The van der Waals surface area contributed by atoms with E-state index in [9.17, 15) is 14.4 Å². The van der Waals surface area contributed by atoms with Crippen molar-refractivity contribution in [3.8, 4) is 23.0 Å². The molecule has 0 atom stereocenters. The van der Waals surface area contributed by atoms with Crippen LogP contribution < -0.4 is 29.7 Å². The number of hydrogen-bond acceptors (Lipinski definition) is 8. The minimum atomic E-state index is -0.522. The molecule has 4 aromatic rings. The number of nitrogens with one attached hydrogen (secondary N) is 2. The second kappa shape index (κ2) is 13.0. The van der Waals surface area contributed by atoms with Gasteiger partial charge in [-0.3, -0.25) is 9.59 Å². The van der Waals surface area contributed by atoms with Crippen LogP contribution in [-0.4, -0.2) is 37.4 Å². The summed E-state index contributed by atoms with van der Waals surface area (Å²) < 4.78 is 22.6. The quantitative estimate of drug-likeness (QED) is 0.104. The molecule has 5 rings (SSSR count). The Labute approximate surface area is 249 Å². The van der Waals surface area contributed by atoms with Crippen molar-refractivity contribution in [2.75, 3.05) is 18.7 Å². The first kappa shape index (κ1) is 28.4. The summed E-state index contributed by atoms with van der Waals surface area (Å²) in [5.74, 6) is 0.325. The Morgan fingerprint density at radius 1 is 0.857 bits per heavy atom. The van der Waals surface area contributed by atoms with Gasteiger partial charge in [0.05, 0.1) is 18.4 Å². The third-order valence-electron chi connectivity index (χ3n) is 5.95. The smallest absolute Gasteiger partial charge is 0.343 e. The maximum absolute atomic E-state index is 12.7. The first-order chi connectivity index (χ1) is 20.4. The highest BCUT2D eigenvalue weighted by Gasteiger charge is 2.17. The molecule has 0 saturated carbocycles. The molecule has 0 aliphatic carbocycles. The lowest BCUT2D eigenvalue weighted by Crippen LogP contribution is -2.18. The summed E-state index contributed by atoms with van der Waals surface area (Å²) in [5, 5.41) is 6.80. The largest absolute Gasteiger partial charge is 0.490 e. The Morgan fingerprint density at radius 2 is 1.62 bits per heavy atom. The van der Waals surface area contributed by atoms with E-state index in [1.165, 1.54) is 12.3 Å². The monoisotopic (exact) mass is 629 g/mol. The maximum atomic E-state index is 12.7. The molecular formula is C31H24BrN3O7. The van der Waals surface area contributed by atoms with Gasteiger partial charge in [0.2, 0.25) is 6.79 Å². The molecule has 0 aromatic heterocycles. The number of anilines is 1. The van der Waals surface area contributed by atoms with Crippen molar-refractivity contribution < 1.29 is 33.3 Å². The van der Waals surface area contributed by atoms with Crippen molar-refractivity contribution in [2.24, 2.45) is 5.10 Å². The van der Waals surface area contributed by atoms with Gasteiger partial charge in [-0.25, -0.2) is 10.2 Å². The number of amides is 2. The minimum absolute atomic E-state index is 0.113. The summed E-state index contributed by atoms with van der Waals surface area (Å²) in [6.45, 7) is 2.27. The normalized spacial score (nSPS) is 11.7. The van der Waals surface area contributed by atoms with E-state index in [4.69, 9.17) is 18.9 Å². The second-order valence-corrected chi connectivity index (χ2v) is 9.75. The zero-order valence-electron chi connectivity index (χ0n) is 22.3. The van der Waals surface area contributed by atoms with Crippen LogP contribution in [-0.2, 0) is 0 Å². The van der Waals surface area contributed by atoms with Gasteiger partial charge in [-0.2, -0.15) is 5.10 Å². The van der Waals surface area contributed by atoms with Gasteiger partial charge in [0.1, 0.15) is 0 Å². The van der Waals surface area contributed by atoms with E-state index in [0.29, 0.717) is 51.8 Å². The highest BCUT2D eigenvalue weighted by atomic mass is 79.9. The van der Waals surface area contributed by atoms with Gasteiger partial charge in [-0.15, -0.1) is 0 Å². The van der Waals surface area contributed by atoms with Gasteiger partial charge in [-0.1, -0.05) is 22.0 Å². The molecule has 212 valence electrons. The van der Waals surface area contributed by atoms with Crippen LogP contribution in [0, 0.1) is 0 Å². The average molecular weight is 630 g/mol. The SMILES string of the molecule is CCOc1cc(C=NNC(=O)c2cccc(NC(=O)c3ccc4c(c3)OCO4)c2)ccc1OC(=O)c1ccc(Br)cc1. The number of benzene rings is 4. The minimum Gasteiger partial charge on any atom is -0.490 e.